The van der Waals surface area contributed by atoms with Crippen LogP contribution in [0.15, 0.2) is 42.5 Å². The molecule has 4 nitrogen and oxygen atoms in total. The van der Waals surface area contributed by atoms with Crippen molar-refractivity contribution in [2.75, 3.05) is 14.2 Å². The zero-order valence-electron chi connectivity index (χ0n) is 16.0. The van der Waals surface area contributed by atoms with Crippen LogP contribution in [0.3, 0.4) is 0 Å². The van der Waals surface area contributed by atoms with Crippen molar-refractivity contribution in [3.8, 4) is 11.5 Å². The highest BCUT2D eigenvalue weighted by Crippen LogP contribution is 2.40. The molecular weight excluding hydrogens is 326 g/mol. The van der Waals surface area contributed by atoms with E-state index in [-0.39, 0.29) is 11.3 Å². The van der Waals surface area contributed by atoms with Crippen molar-refractivity contribution in [1.82, 2.24) is 5.32 Å². The number of ketones is 1. The molecule has 0 bridgehead atoms. The van der Waals surface area contributed by atoms with E-state index < -0.39 is 0 Å². The second-order valence-corrected chi connectivity index (χ2v) is 7.22. The van der Waals surface area contributed by atoms with Gasteiger partial charge in [0.25, 0.3) is 0 Å². The fourth-order valence-corrected chi connectivity index (χ4v) is 3.55. The van der Waals surface area contributed by atoms with Crippen LogP contribution in [0.25, 0.3) is 11.3 Å². The van der Waals surface area contributed by atoms with E-state index in [1.165, 1.54) is 0 Å². The number of fused-ring (bicyclic) bond motifs is 1. The lowest BCUT2D eigenvalue weighted by atomic mass is 9.83. The first-order valence-electron chi connectivity index (χ1n) is 8.70. The molecule has 1 aliphatic heterocycles. The molecule has 0 spiro atoms. The highest BCUT2D eigenvalue weighted by atomic mass is 16.5. The molecule has 0 fully saturated rings. The Morgan fingerprint density at radius 3 is 2.23 bits per heavy atom. The number of carbonyl (C=O) groups is 1. The third kappa shape index (κ3) is 3.32. The summed E-state index contributed by atoms with van der Waals surface area (Å²) in [6.07, 6.45) is 0.826. The fraction of sp³-hybridized carbons (Fsp3) is 0.318. The predicted octanol–water partition coefficient (Wildman–Crippen LogP) is 4.09. The number of carbonyl (C=O) groups excluding carboxylic acids is 1. The van der Waals surface area contributed by atoms with E-state index in [2.05, 4.69) is 19.2 Å². The predicted molar refractivity (Wildman–Crippen MR) is 104 cm³/mol. The fourth-order valence-electron chi connectivity index (χ4n) is 3.55. The standard InChI is InChI=1S/C22H25NO3/c1-14(24)20(15-9-7-6-8-10-15)21-17-12-19(26-5)18(25-4)11-16(17)13-22(2,3)23-21/h6-12,23H,13H2,1-5H3/b21-20+. The van der Waals surface area contributed by atoms with Crippen LogP contribution in [-0.2, 0) is 11.2 Å². The van der Waals surface area contributed by atoms with Crippen molar-refractivity contribution in [1.29, 1.82) is 0 Å². The molecule has 3 rings (SSSR count). The average molecular weight is 351 g/mol. The monoisotopic (exact) mass is 351 g/mol. The third-order valence-electron chi connectivity index (χ3n) is 4.64. The molecule has 0 aromatic heterocycles. The lowest BCUT2D eigenvalue weighted by Crippen LogP contribution is -2.44. The van der Waals surface area contributed by atoms with Gasteiger partial charge in [0.15, 0.2) is 17.3 Å². The van der Waals surface area contributed by atoms with Gasteiger partial charge >= 0.3 is 0 Å². The average Bonchev–Trinajstić information content (AvgIpc) is 2.60. The van der Waals surface area contributed by atoms with Gasteiger partial charge in [-0.2, -0.15) is 0 Å². The molecule has 0 unspecified atom stereocenters. The number of ether oxygens (including phenoxy) is 2. The van der Waals surface area contributed by atoms with Crippen LogP contribution in [0.2, 0.25) is 0 Å². The van der Waals surface area contributed by atoms with Gasteiger partial charge in [-0.05, 0) is 50.5 Å². The Morgan fingerprint density at radius 2 is 1.65 bits per heavy atom. The quantitative estimate of drug-likeness (QED) is 0.843. The highest BCUT2D eigenvalue weighted by molar-refractivity contribution is 6.27. The van der Waals surface area contributed by atoms with Crippen LogP contribution in [0.5, 0.6) is 11.5 Å². The van der Waals surface area contributed by atoms with Crippen LogP contribution in [0.4, 0.5) is 0 Å². The molecule has 4 heteroatoms. The van der Waals surface area contributed by atoms with Gasteiger partial charge in [0.05, 0.1) is 19.9 Å². The zero-order chi connectivity index (χ0) is 18.9. The Morgan fingerprint density at radius 1 is 1.04 bits per heavy atom. The SMILES string of the molecule is COc1cc2c(cc1OC)/C(=C(/C(C)=O)c1ccccc1)NC(C)(C)C2. The van der Waals surface area contributed by atoms with Gasteiger partial charge < -0.3 is 14.8 Å². The van der Waals surface area contributed by atoms with E-state index in [1.807, 2.05) is 42.5 Å². The summed E-state index contributed by atoms with van der Waals surface area (Å²) in [5.74, 6) is 1.38. The summed E-state index contributed by atoms with van der Waals surface area (Å²) in [7, 11) is 3.26. The first-order chi connectivity index (χ1) is 12.4. The van der Waals surface area contributed by atoms with Crippen LogP contribution >= 0.6 is 0 Å². The summed E-state index contributed by atoms with van der Waals surface area (Å²) < 4.78 is 11.0. The molecule has 2 aromatic rings. The van der Waals surface area contributed by atoms with Gasteiger partial charge in [0, 0.05) is 16.7 Å². The number of allylic oxidation sites excluding steroid dienone is 1. The van der Waals surface area contributed by atoms with Crippen LogP contribution in [-0.4, -0.2) is 25.5 Å². The molecule has 1 aliphatic rings. The molecular formula is C22H25NO3. The van der Waals surface area contributed by atoms with Gasteiger partial charge in [0.2, 0.25) is 0 Å². The van der Waals surface area contributed by atoms with E-state index in [0.29, 0.717) is 17.1 Å². The number of hydrogen-bond acceptors (Lipinski definition) is 4. The molecule has 0 aliphatic carbocycles. The minimum Gasteiger partial charge on any atom is -0.493 e. The summed E-state index contributed by atoms with van der Waals surface area (Å²) in [5, 5.41) is 3.58. The number of Topliss-reactive ketones (excluding diaryl/α,β-unsaturated/α-hetero) is 1. The van der Waals surface area contributed by atoms with Crippen molar-refractivity contribution in [3.05, 3.63) is 59.2 Å². The highest BCUT2D eigenvalue weighted by Gasteiger charge is 2.32. The molecule has 0 saturated heterocycles. The number of rotatable bonds is 4. The smallest absolute Gasteiger partial charge is 0.162 e. The lowest BCUT2D eigenvalue weighted by molar-refractivity contribution is -0.111. The van der Waals surface area contributed by atoms with Gasteiger partial charge in [0.1, 0.15) is 0 Å². The minimum atomic E-state index is -0.183. The molecule has 0 saturated carbocycles. The maximum atomic E-state index is 12.6. The van der Waals surface area contributed by atoms with Crippen LogP contribution in [0.1, 0.15) is 37.5 Å². The van der Waals surface area contributed by atoms with Gasteiger partial charge in [-0.3, -0.25) is 4.79 Å². The first-order valence-corrected chi connectivity index (χ1v) is 8.70. The second kappa shape index (κ2) is 6.87. The molecule has 2 aromatic carbocycles. The van der Waals surface area contributed by atoms with Crippen molar-refractivity contribution in [2.45, 2.75) is 32.7 Å². The van der Waals surface area contributed by atoms with Crippen molar-refractivity contribution in [2.24, 2.45) is 0 Å². The molecule has 136 valence electrons. The van der Waals surface area contributed by atoms with Crippen molar-refractivity contribution < 1.29 is 14.3 Å². The summed E-state index contributed by atoms with van der Waals surface area (Å²) in [6, 6.07) is 13.7. The van der Waals surface area contributed by atoms with E-state index in [4.69, 9.17) is 9.47 Å². The molecule has 26 heavy (non-hydrogen) atoms. The number of nitrogens with one attached hydrogen (secondary N) is 1. The first kappa shape index (κ1) is 18.1. The zero-order valence-corrected chi connectivity index (χ0v) is 16.0. The Bertz CT molecular complexity index is 866. The van der Waals surface area contributed by atoms with E-state index in [0.717, 1.165) is 28.8 Å². The summed E-state index contributed by atoms with van der Waals surface area (Å²) >= 11 is 0. The van der Waals surface area contributed by atoms with Gasteiger partial charge in [-0.1, -0.05) is 30.3 Å². The van der Waals surface area contributed by atoms with Crippen molar-refractivity contribution in [3.63, 3.8) is 0 Å². The third-order valence-corrected chi connectivity index (χ3v) is 4.64. The topological polar surface area (TPSA) is 47.6 Å². The maximum Gasteiger partial charge on any atom is 0.162 e. The minimum absolute atomic E-state index is 0.0251. The Hall–Kier alpha value is -2.75. The Labute approximate surface area is 154 Å². The van der Waals surface area contributed by atoms with Crippen molar-refractivity contribution >= 4 is 17.1 Å². The summed E-state index contributed by atoms with van der Waals surface area (Å²) in [5.41, 5.74) is 4.37. The van der Waals surface area contributed by atoms with Crippen LogP contribution < -0.4 is 14.8 Å². The largest absolute Gasteiger partial charge is 0.493 e. The number of methoxy groups -OCH3 is 2. The van der Waals surface area contributed by atoms with Gasteiger partial charge in [-0.15, -0.1) is 0 Å². The number of benzene rings is 2. The van der Waals surface area contributed by atoms with E-state index >= 15 is 0 Å². The molecule has 0 amide bonds. The normalized spacial score (nSPS) is 17.0. The molecule has 1 heterocycles. The second-order valence-electron chi connectivity index (χ2n) is 7.22. The van der Waals surface area contributed by atoms with E-state index in [1.54, 1.807) is 21.1 Å². The summed E-state index contributed by atoms with van der Waals surface area (Å²) in [4.78, 5) is 12.6. The van der Waals surface area contributed by atoms with Gasteiger partial charge in [-0.25, -0.2) is 0 Å². The van der Waals surface area contributed by atoms with E-state index in [9.17, 15) is 4.79 Å². The number of hydrogen-bond donors (Lipinski definition) is 1. The molecule has 0 radical (unpaired) electrons. The lowest BCUT2D eigenvalue weighted by Gasteiger charge is -2.37. The maximum absolute atomic E-state index is 12.6. The Kier molecular flexibility index (Phi) is 4.77. The Balaban J connectivity index is 2.33. The molecule has 0 atom stereocenters. The molecule has 1 N–H and O–H groups in total. The van der Waals surface area contributed by atoms with Crippen LogP contribution in [0, 0.1) is 0 Å². The summed E-state index contributed by atoms with van der Waals surface area (Å²) in [6.45, 7) is 5.88.